The predicted octanol–water partition coefficient (Wildman–Crippen LogP) is 5.53. The molecule has 0 aliphatic carbocycles. The number of rotatable bonds is 8. The van der Waals surface area contributed by atoms with Gasteiger partial charge in [0.2, 0.25) is 5.91 Å². The van der Waals surface area contributed by atoms with Gasteiger partial charge < -0.3 is 10.1 Å². The van der Waals surface area contributed by atoms with Gasteiger partial charge in [0.15, 0.2) is 5.78 Å². The van der Waals surface area contributed by atoms with Crippen molar-refractivity contribution in [2.75, 3.05) is 13.2 Å². The first-order valence-electron chi connectivity index (χ1n) is 9.04. The largest absolute Gasteiger partial charge is 0.490 e. The number of amides is 1. The lowest BCUT2D eigenvalue weighted by Crippen LogP contribution is -2.26. The Morgan fingerprint density at radius 3 is 2.73 bits per heavy atom. The highest BCUT2D eigenvalue weighted by molar-refractivity contribution is 7.17. The minimum atomic E-state index is -0.265. The Morgan fingerprint density at radius 1 is 1.20 bits per heavy atom. The van der Waals surface area contributed by atoms with Crippen LogP contribution in [0.2, 0.25) is 10.2 Å². The Labute approximate surface area is 188 Å². The fraction of sp³-hybridized carbons (Fsp3) is 0.136. The molecule has 0 radical (unpaired) electrons. The Hall–Kier alpha value is -2.67. The molecule has 0 aliphatic rings. The van der Waals surface area contributed by atoms with Crippen molar-refractivity contribution in [3.8, 4) is 16.2 Å². The van der Waals surface area contributed by atoms with Gasteiger partial charge in [0, 0.05) is 22.7 Å². The maximum absolute atomic E-state index is 11.9. The van der Waals surface area contributed by atoms with E-state index in [1.807, 2.05) is 12.1 Å². The summed E-state index contributed by atoms with van der Waals surface area (Å²) in [4.78, 5) is 29.0. The number of nitrogens with zero attached hydrogens (tertiary/aromatic N) is 1. The van der Waals surface area contributed by atoms with E-state index in [9.17, 15) is 9.59 Å². The highest BCUT2D eigenvalue weighted by atomic mass is 35.5. The van der Waals surface area contributed by atoms with Crippen LogP contribution in [-0.4, -0.2) is 29.8 Å². The van der Waals surface area contributed by atoms with E-state index in [4.69, 9.17) is 27.9 Å². The first-order valence-corrected chi connectivity index (χ1v) is 10.6. The molecule has 8 heteroatoms. The van der Waals surface area contributed by atoms with Crippen molar-refractivity contribution < 1.29 is 14.3 Å². The maximum Gasteiger partial charge on any atom is 0.244 e. The number of aromatic nitrogens is 1. The number of ether oxygens (including phenoxy) is 1. The summed E-state index contributed by atoms with van der Waals surface area (Å²) in [5, 5.41) is 3.52. The third kappa shape index (κ3) is 5.92. The molecule has 1 aromatic carbocycles. The van der Waals surface area contributed by atoms with E-state index in [-0.39, 0.29) is 18.3 Å². The number of hydrogen-bond acceptors (Lipinski definition) is 5. The minimum absolute atomic E-state index is 0.0396. The fourth-order valence-corrected chi connectivity index (χ4v) is 3.85. The first-order chi connectivity index (χ1) is 14.4. The van der Waals surface area contributed by atoms with Crippen molar-refractivity contribution in [1.29, 1.82) is 0 Å². The summed E-state index contributed by atoms with van der Waals surface area (Å²) in [6.07, 6.45) is 4.57. The summed E-state index contributed by atoms with van der Waals surface area (Å²) in [7, 11) is 0. The number of carbonyl (C=O) groups excluding carboxylic acids is 2. The van der Waals surface area contributed by atoms with E-state index in [0.29, 0.717) is 32.9 Å². The van der Waals surface area contributed by atoms with Crippen LogP contribution in [0.5, 0.6) is 5.75 Å². The van der Waals surface area contributed by atoms with Gasteiger partial charge in [-0.25, -0.2) is 4.98 Å². The quantitative estimate of drug-likeness (QED) is 0.207. The van der Waals surface area contributed by atoms with Gasteiger partial charge in [-0.15, -0.1) is 11.3 Å². The third-order valence-corrected chi connectivity index (χ3v) is 5.88. The summed E-state index contributed by atoms with van der Waals surface area (Å²) in [5.74, 6) is 0.298. The van der Waals surface area contributed by atoms with E-state index in [2.05, 4.69) is 10.3 Å². The zero-order valence-corrected chi connectivity index (χ0v) is 18.4. The zero-order valence-electron chi connectivity index (χ0n) is 16.0. The molecule has 2 aromatic heterocycles. The van der Waals surface area contributed by atoms with E-state index in [1.54, 1.807) is 49.5 Å². The van der Waals surface area contributed by atoms with Gasteiger partial charge >= 0.3 is 0 Å². The second-order valence-electron chi connectivity index (χ2n) is 6.22. The number of ketones is 1. The number of nitrogens with one attached hydrogen (secondary N) is 1. The minimum Gasteiger partial charge on any atom is -0.490 e. The molecule has 0 fully saturated rings. The molecule has 0 spiro atoms. The molecule has 0 atom stereocenters. The number of pyridine rings is 1. The summed E-state index contributed by atoms with van der Waals surface area (Å²) < 4.78 is 5.65. The van der Waals surface area contributed by atoms with Crippen LogP contribution in [0.15, 0.2) is 54.7 Å². The van der Waals surface area contributed by atoms with Crippen molar-refractivity contribution in [3.63, 3.8) is 0 Å². The fourth-order valence-electron chi connectivity index (χ4n) is 2.54. The first kappa shape index (κ1) is 22.0. The topological polar surface area (TPSA) is 68.3 Å². The Balaban J connectivity index is 1.49. The summed E-state index contributed by atoms with van der Waals surface area (Å²) in [6, 6.07) is 12.7. The molecule has 1 amide bonds. The van der Waals surface area contributed by atoms with Crippen molar-refractivity contribution in [3.05, 3.63) is 75.4 Å². The average molecular weight is 461 g/mol. The number of thiophene rings is 1. The standard InChI is InChI=1S/C22H18Cl2N2O3S/c1-14(27)19-7-8-20(30-19)16-4-6-18(17(23)13-16)29-12-11-25-21(28)9-5-15-3-2-10-26-22(15)24/h2-10,13H,11-12H2,1H3,(H,25,28). The van der Waals surface area contributed by atoms with E-state index in [0.717, 1.165) is 10.4 Å². The number of halogens is 2. The molecule has 30 heavy (non-hydrogen) atoms. The molecule has 3 rings (SSSR count). The summed E-state index contributed by atoms with van der Waals surface area (Å²) in [6.45, 7) is 2.12. The highest BCUT2D eigenvalue weighted by Crippen LogP contribution is 2.34. The van der Waals surface area contributed by atoms with E-state index in [1.165, 1.54) is 17.4 Å². The summed E-state index contributed by atoms with van der Waals surface area (Å²) in [5.41, 5.74) is 1.58. The summed E-state index contributed by atoms with van der Waals surface area (Å²) >= 11 is 13.7. The van der Waals surface area contributed by atoms with Gasteiger partial charge in [-0.05, 0) is 55.0 Å². The second-order valence-corrected chi connectivity index (χ2v) is 8.07. The Bertz CT molecular complexity index is 1100. The average Bonchev–Trinajstić information content (AvgIpc) is 3.22. The van der Waals surface area contributed by atoms with Crippen LogP contribution in [-0.2, 0) is 4.79 Å². The lowest BCUT2D eigenvalue weighted by molar-refractivity contribution is -0.116. The van der Waals surface area contributed by atoms with Crippen LogP contribution < -0.4 is 10.1 Å². The lowest BCUT2D eigenvalue weighted by Gasteiger charge is -2.09. The maximum atomic E-state index is 11.9. The van der Waals surface area contributed by atoms with Gasteiger partial charge in [0.1, 0.15) is 17.5 Å². The van der Waals surface area contributed by atoms with Crippen LogP contribution in [0.4, 0.5) is 0 Å². The monoisotopic (exact) mass is 460 g/mol. The molecule has 0 aliphatic heterocycles. The normalized spacial score (nSPS) is 10.9. The van der Waals surface area contributed by atoms with Crippen molar-refractivity contribution >= 4 is 52.3 Å². The van der Waals surface area contributed by atoms with Crippen LogP contribution in [0, 0.1) is 0 Å². The van der Waals surface area contributed by atoms with Crippen molar-refractivity contribution in [2.45, 2.75) is 6.92 Å². The van der Waals surface area contributed by atoms with Gasteiger partial charge in [-0.2, -0.15) is 0 Å². The zero-order chi connectivity index (χ0) is 21.5. The second kappa shape index (κ2) is 10.4. The predicted molar refractivity (Wildman–Crippen MR) is 122 cm³/mol. The van der Waals surface area contributed by atoms with Gasteiger partial charge in [0.05, 0.1) is 16.4 Å². The Kier molecular flexibility index (Phi) is 7.63. The number of hydrogen-bond donors (Lipinski definition) is 1. The molecule has 0 saturated heterocycles. The SMILES string of the molecule is CC(=O)c1ccc(-c2ccc(OCCNC(=O)C=Cc3cccnc3Cl)c(Cl)c2)s1. The van der Waals surface area contributed by atoms with E-state index < -0.39 is 0 Å². The molecule has 0 bridgehead atoms. The molecule has 0 saturated carbocycles. The lowest BCUT2D eigenvalue weighted by atomic mass is 10.2. The molecular weight excluding hydrogens is 443 g/mol. The highest BCUT2D eigenvalue weighted by Gasteiger charge is 2.09. The number of Topliss-reactive ketones (excluding diaryl/α,β-unsaturated/α-hetero) is 1. The van der Waals surface area contributed by atoms with E-state index >= 15 is 0 Å². The molecule has 5 nitrogen and oxygen atoms in total. The molecule has 0 unspecified atom stereocenters. The molecular formula is C22H18Cl2N2O3S. The molecule has 3 aromatic rings. The van der Waals surface area contributed by atoms with Crippen LogP contribution >= 0.6 is 34.5 Å². The number of benzene rings is 1. The van der Waals surface area contributed by atoms with Crippen LogP contribution in [0.1, 0.15) is 22.2 Å². The van der Waals surface area contributed by atoms with Gasteiger partial charge in [0.25, 0.3) is 0 Å². The number of carbonyl (C=O) groups is 2. The Morgan fingerprint density at radius 2 is 2.03 bits per heavy atom. The van der Waals surface area contributed by atoms with Gasteiger partial charge in [-0.3, -0.25) is 9.59 Å². The van der Waals surface area contributed by atoms with Crippen LogP contribution in [0.3, 0.4) is 0 Å². The third-order valence-electron chi connectivity index (χ3n) is 4.03. The van der Waals surface area contributed by atoms with Crippen molar-refractivity contribution in [2.24, 2.45) is 0 Å². The molecule has 154 valence electrons. The molecule has 2 heterocycles. The molecule has 1 N–H and O–H groups in total. The van der Waals surface area contributed by atoms with Crippen molar-refractivity contribution in [1.82, 2.24) is 10.3 Å². The smallest absolute Gasteiger partial charge is 0.244 e. The van der Waals surface area contributed by atoms with Crippen LogP contribution in [0.25, 0.3) is 16.5 Å². The van der Waals surface area contributed by atoms with Gasteiger partial charge in [-0.1, -0.05) is 29.3 Å².